The number of carbonyl (C=O) groups excluding carboxylic acids is 1. The van der Waals surface area contributed by atoms with E-state index >= 15 is 0 Å². The molecular formula is C8H6ClF3N2O. The average Bonchev–Trinajstić information content (AvgIpc) is 1.99. The van der Waals surface area contributed by atoms with E-state index in [1.165, 1.54) is 6.92 Å². The lowest BCUT2D eigenvalue weighted by Gasteiger charge is -2.08. The molecule has 0 aliphatic heterocycles. The van der Waals surface area contributed by atoms with E-state index in [4.69, 9.17) is 11.6 Å². The maximum atomic E-state index is 12.3. The number of rotatable bonds is 1. The van der Waals surface area contributed by atoms with Gasteiger partial charge in [-0.1, -0.05) is 11.6 Å². The molecule has 7 heteroatoms. The molecule has 1 rings (SSSR count). The molecule has 0 saturated carbocycles. The second-order valence-corrected chi connectivity index (χ2v) is 3.13. The van der Waals surface area contributed by atoms with Gasteiger partial charge in [-0.25, -0.2) is 4.98 Å². The first-order valence-electron chi connectivity index (χ1n) is 3.81. The number of hydrogen-bond donors (Lipinski definition) is 1. The summed E-state index contributed by atoms with van der Waals surface area (Å²) >= 11 is 5.38. The van der Waals surface area contributed by atoms with Crippen molar-refractivity contribution in [3.8, 4) is 0 Å². The number of hydrogen-bond acceptors (Lipinski definition) is 2. The highest BCUT2D eigenvalue weighted by molar-refractivity contribution is 6.29. The molecule has 0 bridgehead atoms. The molecule has 0 saturated heterocycles. The molecule has 82 valence electrons. The molecular weight excluding hydrogens is 233 g/mol. The van der Waals surface area contributed by atoms with Gasteiger partial charge in [0.05, 0.1) is 0 Å². The van der Waals surface area contributed by atoms with Crippen LogP contribution in [-0.4, -0.2) is 10.9 Å². The molecule has 0 spiro atoms. The zero-order valence-electron chi connectivity index (χ0n) is 7.52. The molecule has 0 aromatic carbocycles. The third kappa shape index (κ3) is 3.39. The Labute approximate surface area is 88.3 Å². The highest BCUT2D eigenvalue weighted by atomic mass is 35.5. The number of nitrogens with zero attached hydrogens (tertiary/aromatic N) is 1. The predicted octanol–water partition coefficient (Wildman–Crippen LogP) is 2.71. The Morgan fingerprint density at radius 1 is 1.47 bits per heavy atom. The van der Waals surface area contributed by atoms with Crippen LogP contribution in [0.3, 0.4) is 0 Å². The summed E-state index contributed by atoms with van der Waals surface area (Å²) in [4.78, 5) is 13.7. The Kier molecular flexibility index (Phi) is 3.18. The molecule has 0 radical (unpaired) electrons. The SMILES string of the molecule is CC(=O)Nc1cc(Cl)nc(C(F)(F)F)c1. The fourth-order valence-corrected chi connectivity index (χ4v) is 1.13. The van der Waals surface area contributed by atoms with E-state index in [0.29, 0.717) is 6.07 Å². The summed E-state index contributed by atoms with van der Waals surface area (Å²) in [6.07, 6.45) is -4.59. The van der Waals surface area contributed by atoms with Crippen LogP contribution in [0.15, 0.2) is 12.1 Å². The monoisotopic (exact) mass is 238 g/mol. The van der Waals surface area contributed by atoms with Gasteiger partial charge >= 0.3 is 6.18 Å². The van der Waals surface area contributed by atoms with Gasteiger partial charge in [0.25, 0.3) is 0 Å². The van der Waals surface area contributed by atoms with Crippen LogP contribution in [0.2, 0.25) is 5.15 Å². The molecule has 0 fully saturated rings. The minimum absolute atomic E-state index is 0.0326. The van der Waals surface area contributed by atoms with E-state index in [1.54, 1.807) is 0 Å². The molecule has 15 heavy (non-hydrogen) atoms. The van der Waals surface area contributed by atoms with Crippen molar-refractivity contribution in [2.45, 2.75) is 13.1 Å². The average molecular weight is 239 g/mol. The molecule has 3 nitrogen and oxygen atoms in total. The van der Waals surface area contributed by atoms with Crippen molar-refractivity contribution in [3.63, 3.8) is 0 Å². The van der Waals surface area contributed by atoms with Crippen molar-refractivity contribution in [1.82, 2.24) is 4.98 Å². The van der Waals surface area contributed by atoms with Crippen LogP contribution in [0.1, 0.15) is 12.6 Å². The van der Waals surface area contributed by atoms with Crippen molar-refractivity contribution >= 4 is 23.2 Å². The Morgan fingerprint density at radius 2 is 2.07 bits per heavy atom. The van der Waals surface area contributed by atoms with Gasteiger partial charge in [-0.15, -0.1) is 0 Å². The predicted molar refractivity (Wildman–Crippen MR) is 48.6 cm³/mol. The summed E-state index contributed by atoms with van der Waals surface area (Å²) in [6.45, 7) is 1.18. The van der Waals surface area contributed by atoms with Crippen LogP contribution in [-0.2, 0) is 11.0 Å². The lowest BCUT2D eigenvalue weighted by Crippen LogP contribution is -2.11. The second kappa shape index (κ2) is 4.06. The Balaban J connectivity index is 3.11. The van der Waals surface area contributed by atoms with E-state index in [2.05, 4.69) is 10.3 Å². The number of amides is 1. The summed E-state index contributed by atoms with van der Waals surface area (Å²) in [5.41, 5.74) is -1.17. The summed E-state index contributed by atoms with van der Waals surface area (Å²) in [5.74, 6) is -0.481. The van der Waals surface area contributed by atoms with Crippen LogP contribution >= 0.6 is 11.6 Å². The Hall–Kier alpha value is -1.30. The number of aromatic nitrogens is 1. The summed E-state index contributed by atoms with van der Waals surface area (Å²) in [5, 5.41) is 1.87. The number of halogens is 4. The second-order valence-electron chi connectivity index (χ2n) is 2.74. The fourth-order valence-electron chi connectivity index (χ4n) is 0.918. The summed E-state index contributed by atoms with van der Waals surface area (Å²) in [6, 6.07) is 1.85. The maximum absolute atomic E-state index is 12.3. The maximum Gasteiger partial charge on any atom is 0.433 e. The van der Waals surface area contributed by atoms with Gasteiger partial charge in [0.15, 0.2) is 0 Å². The van der Waals surface area contributed by atoms with Crippen molar-refractivity contribution in [2.24, 2.45) is 0 Å². The van der Waals surface area contributed by atoms with Gasteiger partial charge in [0, 0.05) is 12.6 Å². The fraction of sp³-hybridized carbons (Fsp3) is 0.250. The first-order chi connectivity index (χ1) is 6.79. The topological polar surface area (TPSA) is 42.0 Å². The zero-order chi connectivity index (χ0) is 11.6. The normalized spacial score (nSPS) is 11.3. The van der Waals surface area contributed by atoms with Crippen LogP contribution < -0.4 is 5.32 Å². The van der Waals surface area contributed by atoms with Crippen molar-refractivity contribution < 1.29 is 18.0 Å². The number of alkyl halides is 3. The minimum atomic E-state index is -4.59. The van der Waals surface area contributed by atoms with Crippen molar-refractivity contribution in [1.29, 1.82) is 0 Å². The molecule has 1 heterocycles. The molecule has 1 amide bonds. The lowest BCUT2D eigenvalue weighted by atomic mass is 10.3. The molecule has 1 aromatic rings. The van der Waals surface area contributed by atoms with Gasteiger partial charge in [0.1, 0.15) is 10.8 Å². The first kappa shape index (κ1) is 11.8. The molecule has 1 aromatic heterocycles. The number of anilines is 1. The highest BCUT2D eigenvalue weighted by Crippen LogP contribution is 2.30. The van der Waals surface area contributed by atoms with Crippen molar-refractivity contribution in [2.75, 3.05) is 5.32 Å². The summed E-state index contributed by atoms with van der Waals surface area (Å²) in [7, 11) is 0. The van der Waals surface area contributed by atoms with E-state index in [0.717, 1.165) is 6.07 Å². The molecule has 1 N–H and O–H groups in total. The van der Waals surface area contributed by atoms with Crippen LogP contribution in [0, 0.1) is 0 Å². The molecule has 0 aliphatic rings. The first-order valence-corrected chi connectivity index (χ1v) is 4.19. The van der Waals surface area contributed by atoms with Gasteiger partial charge in [-0.2, -0.15) is 13.2 Å². The molecule has 0 aliphatic carbocycles. The van der Waals surface area contributed by atoms with Crippen LogP contribution in [0.4, 0.5) is 18.9 Å². The summed E-state index contributed by atoms with van der Waals surface area (Å²) < 4.78 is 36.8. The number of nitrogens with one attached hydrogen (secondary N) is 1. The van der Waals surface area contributed by atoms with E-state index in [1.807, 2.05) is 0 Å². The van der Waals surface area contributed by atoms with Crippen LogP contribution in [0.25, 0.3) is 0 Å². The van der Waals surface area contributed by atoms with E-state index in [-0.39, 0.29) is 10.8 Å². The largest absolute Gasteiger partial charge is 0.433 e. The Morgan fingerprint density at radius 3 is 2.53 bits per heavy atom. The Bertz CT molecular complexity index is 392. The number of pyridine rings is 1. The van der Waals surface area contributed by atoms with Gasteiger partial charge < -0.3 is 5.32 Å². The zero-order valence-corrected chi connectivity index (χ0v) is 8.28. The van der Waals surface area contributed by atoms with Gasteiger partial charge in [-0.05, 0) is 12.1 Å². The van der Waals surface area contributed by atoms with E-state index < -0.39 is 17.8 Å². The highest BCUT2D eigenvalue weighted by Gasteiger charge is 2.33. The third-order valence-corrected chi connectivity index (χ3v) is 1.60. The molecule has 0 atom stereocenters. The van der Waals surface area contributed by atoms with Crippen LogP contribution in [0.5, 0.6) is 0 Å². The third-order valence-electron chi connectivity index (χ3n) is 1.40. The minimum Gasteiger partial charge on any atom is -0.326 e. The van der Waals surface area contributed by atoms with Gasteiger partial charge in [0.2, 0.25) is 5.91 Å². The smallest absolute Gasteiger partial charge is 0.326 e. The van der Waals surface area contributed by atoms with Gasteiger partial charge in [-0.3, -0.25) is 4.79 Å². The van der Waals surface area contributed by atoms with E-state index in [9.17, 15) is 18.0 Å². The van der Waals surface area contributed by atoms with Crippen molar-refractivity contribution in [3.05, 3.63) is 23.0 Å². The standard InChI is InChI=1S/C8H6ClF3N2O/c1-4(15)13-5-2-6(8(10,11)12)14-7(9)3-5/h2-3H,1H3,(H,13,14,15). The molecule has 0 unspecified atom stereocenters. The number of carbonyl (C=O) groups is 1. The quantitative estimate of drug-likeness (QED) is 0.765. The lowest BCUT2D eigenvalue weighted by molar-refractivity contribution is -0.141.